The Labute approximate surface area is 46.7 Å². The zero-order chi connectivity index (χ0) is 5.11. The highest BCUT2D eigenvalue weighted by Gasteiger charge is 1.96. The van der Waals surface area contributed by atoms with E-state index >= 15 is 0 Å². The highest BCUT2D eigenvalue weighted by molar-refractivity contribution is 8.13. The minimum absolute atomic E-state index is 0.512. The molecule has 0 saturated carbocycles. The topological polar surface area (TPSA) is 24.7 Å². The number of rotatable bonds is 0. The number of hydrogen-bond donors (Lipinski definition) is 0. The quantitative estimate of drug-likeness (QED) is 0.463. The van der Waals surface area contributed by atoms with Crippen LogP contribution in [0.4, 0.5) is 0 Å². The zero-order valence-corrected chi connectivity index (χ0v) is 4.85. The van der Waals surface area contributed by atoms with Crippen molar-refractivity contribution >= 4 is 23.5 Å². The molecule has 0 radical (unpaired) electrons. The summed E-state index contributed by atoms with van der Waals surface area (Å²) in [6.45, 7) is 2.08. The van der Waals surface area contributed by atoms with Crippen molar-refractivity contribution in [1.82, 2.24) is 0 Å². The van der Waals surface area contributed by atoms with Crippen LogP contribution < -0.4 is 0 Å². The average Bonchev–Trinajstić information content (AvgIpc) is 1.69. The van der Waals surface area contributed by atoms with Gasteiger partial charge >= 0.3 is 0 Å². The zero-order valence-electron chi connectivity index (χ0n) is 4.03. The Kier molecular flexibility index (Phi) is 1.46. The van der Waals surface area contributed by atoms with Gasteiger partial charge in [0.05, 0.1) is 5.55 Å². The molecule has 1 unspecified atom stereocenters. The lowest BCUT2D eigenvalue weighted by molar-refractivity contribution is 1.22. The lowest BCUT2D eigenvalue weighted by Crippen LogP contribution is -1.98. The standard InChI is InChI=1S/C4H6N2S/c1-4-2-5-6-3-7-4/h2-4H,1H3. The molecule has 0 saturated heterocycles. The van der Waals surface area contributed by atoms with Gasteiger partial charge in [-0.1, -0.05) is 0 Å². The maximum atomic E-state index is 3.68. The van der Waals surface area contributed by atoms with Crippen molar-refractivity contribution in [3.8, 4) is 0 Å². The summed E-state index contributed by atoms with van der Waals surface area (Å²) < 4.78 is 0. The highest BCUT2D eigenvalue weighted by Crippen LogP contribution is 2.06. The van der Waals surface area contributed by atoms with Crippen LogP contribution in [0.25, 0.3) is 0 Å². The monoisotopic (exact) mass is 114 g/mol. The lowest BCUT2D eigenvalue weighted by Gasteiger charge is -1.99. The summed E-state index contributed by atoms with van der Waals surface area (Å²) in [5.41, 5.74) is 1.75. The number of hydrogen-bond acceptors (Lipinski definition) is 3. The Balaban J connectivity index is 2.49. The van der Waals surface area contributed by atoms with Crippen LogP contribution in [-0.4, -0.2) is 17.0 Å². The van der Waals surface area contributed by atoms with Gasteiger partial charge in [-0.25, -0.2) is 0 Å². The summed E-state index contributed by atoms with van der Waals surface area (Å²) in [5, 5.41) is 7.83. The molecule has 38 valence electrons. The van der Waals surface area contributed by atoms with Crippen molar-refractivity contribution in [2.24, 2.45) is 10.2 Å². The molecule has 1 heterocycles. The molecule has 1 aliphatic heterocycles. The third-order valence-corrected chi connectivity index (χ3v) is 1.43. The highest BCUT2D eigenvalue weighted by atomic mass is 32.2. The normalized spacial score (nSPS) is 28.4. The fraction of sp³-hybridized carbons (Fsp3) is 0.500. The second-order valence-corrected chi connectivity index (χ2v) is 2.55. The average molecular weight is 114 g/mol. The maximum absolute atomic E-state index is 3.68. The van der Waals surface area contributed by atoms with E-state index in [1.807, 2.05) is 6.21 Å². The Morgan fingerprint density at radius 1 is 1.57 bits per heavy atom. The Morgan fingerprint density at radius 3 is 2.71 bits per heavy atom. The summed E-state index contributed by atoms with van der Waals surface area (Å²) in [6, 6.07) is 0. The van der Waals surface area contributed by atoms with Crippen LogP contribution in [0.2, 0.25) is 0 Å². The molecule has 7 heavy (non-hydrogen) atoms. The molecule has 0 amide bonds. The molecule has 0 spiro atoms. The molecule has 0 bridgehead atoms. The van der Waals surface area contributed by atoms with Gasteiger partial charge < -0.3 is 0 Å². The summed E-state index contributed by atoms with van der Waals surface area (Å²) in [7, 11) is 0. The lowest BCUT2D eigenvalue weighted by atomic mass is 10.5. The molecular formula is C4H6N2S. The summed E-state index contributed by atoms with van der Waals surface area (Å²) >= 11 is 1.68. The molecule has 1 aliphatic rings. The molecule has 1 atom stereocenters. The van der Waals surface area contributed by atoms with Crippen LogP contribution in [0.1, 0.15) is 6.92 Å². The summed E-state index contributed by atoms with van der Waals surface area (Å²) in [4.78, 5) is 0. The first-order valence-corrected chi connectivity index (χ1v) is 3.04. The Hall–Kier alpha value is -0.310. The van der Waals surface area contributed by atoms with Crippen LogP contribution in [0.15, 0.2) is 10.2 Å². The van der Waals surface area contributed by atoms with Gasteiger partial charge in [-0.15, -0.1) is 11.8 Å². The van der Waals surface area contributed by atoms with E-state index in [4.69, 9.17) is 0 Å². The van der Waals surface area contributed by atoms with Gasteiger partial charge in [0.1, 0.15) is 0 Å². The fourth-order valence-electron chi connectivity index (χ4n) is 0.318. The van der Waals surface area contributed by atoms with E-state index < -0.39 is 0 Å². The molecule has 0 aliphatic carbocycles. The molecule has 0 N–H and O–H groups in total. The molecule has 2 nitrogen and oxygen atoms in total. The van der Waals surface area contributed by atoms with Gasteiger partial charge in [0, 0.05) is 11.5 Å². The smallest absolute Gasteiger partial charge is 0.0831 e. The van der Waals surface area contributed by atoms with Crippen LogP contribution in [0, 0.1) is 0 Å². The molecule has 1 rings (SSSR count). The molecule has 3 heteroatoms. The molecule has 0 aromatic heterocycles. The van der Waals surface area contributed by atoms with Crippen molar-refractivity contribution in [3.63, 3.8) is 0 Å². The van der Waals surface area contributed by atoms with Crippen LogP contribution in [0.5, 0.6) is 0 Å². The third kappa shape index (κ3) is 1.31. The van der Waals surface area contributed by atoms with E-state index in [0.717, 1.165) is 0 Å². The third-order valence-electron chi connectivity index (χ3n) is 0.666. The number of nitrogens with zero attached hydrogens (tertiary/aromatic N) is 2. The van der Waals surface area contributed by atoms with E-state index in [-0.39, 0.29) is 0 Å². The van der Waals surface area contributed by atoms with E-state index in [9.17, 15) is 0 Å². The van der Waals surface area contributed by atoms with E-state index in [2.05, 4.69) is 17.1 Å². The van der Waals surface area contributed by atoms with E-state index in [1.165, 1.54) is 0 Å². The maximum Gasteiger partial charge on any atom is 0.0831 e. The molecule has 0 aromatic carbocycles. The van der Waals surface area contributed by atoms with Crippen molar-refractivity contribution < 1.29 is 0 Å². The van der Waals surface area contributed by atoms with Gasteiger partial charge in [-0.3, -0.25) is 0 Å². The molecule has 0 fully saturated rings. The van der Waals surface area contributed by atoms with E-state index in [0.29, 0.717) is 5.25 Å². The Morgan fingerprint density at radius 2 is 2.43 bits per heavy atom. The van der Waals surface area contributed by atoms with E-state index in [1.54, 1.807) is 17.3 Å². The minimum Gasteiger partial charge on any atom is -0.162 e. The van der Waals surface area contributed by atoms with Gasteiger partial charge in [0.15, 0.2) is 0 Å². The molecule has 0 aromatic rings. The fourth-order valence-corrected chi connectivity index (χ4v) is 0.743. The largest absolute Gasteiger partial charge is 0.162 e. The van der Waals surface area contributed by atoms with Crippen molar-refractivity contribution in [3.05, 3.63) is 0 Å². The van der Waals surface area contributed by atoms with Crippen molar-refractivity contribution in [2.45, 2.75) is 12.2 Å². The molecular weight excluding hydrogens is 108 g/mol. The summed E-state index contributed by atoms with van der Waals surface area (Å²) in [6.07, 6.45) is 1.82. The predicted octanol–water partition coefficient (Wildman–Crippen LogP) is 1.14. The first-order valence-electron chi connectivity index (χ1n) is 2.10. The minimum atomic E-state index is 0.512. The van der Waals surface area contributed by atoms with Crippen molar-refractivity contribution in [2.75, 3.05) is 0 Å². The van der Waals surface area contributed by atoms with Gasteiger partial charge in [-0.05, 0) is 6.92 Å². The van der Waals surface area contributed by atoms with Crippen molar-refractivity contribution in [1.29, 1.82) is 0 Å². The van der Waals surface area contributed by atoms with Crippen LogP contribution in [0.3, 0.4) is 0 Å². The summed E-state index contributed by atoms with van der Waals surface area (Å²) in [5.74, 6) is 0. The van der Waals surface area contributed by atoms with Crippen LogP contribution >= 0.6 is 11.8 Å². The van der Waals surface area contributed by atoms with Crippen LogP contribution in [-0.2, 0) is 0 Å². The Bertz CT molecular complexity index is 108. The second-order valence-electron chi connectivity index (χ2n) is 1.33. The first-order chi connectivity index (χ1) is 3.39. The first kappa shape index (κ1) is 4.84. The second kappa shape index (κ2) is 2.12. The van der Waals surface area contributed by atoms with Gasteiger partial charge in [0.25, 0.3) is 0 Å². The van der Waals surface area contributed by atoms with Gasteiger partial charge in [0.2, 0.25) is 0 Å². The number of thioether (sulfide) groups is 1. The predicted molar refractivity (Wildman–Crippen MR) is 34.0 cm³/mol. The SMILES string of the molecule is CC1C=NN=CS1. The van der Waals surface area contributed by atoms with Gasteiger partial charge in [-0.2, -0.15) is 10.2 Å².